The Bertz CT molecular complexity index is 1050. The number of hydrogen-bond donors (Lipinski definition) is 0. The fourth-order valence-corrected chi connectivity index (χ4v) is 6.18. The van der Waals surface area contributed by atoms with Crippen LogP contribution in [0.4, 0.5) is 0 Å². The molecule has 4 aromatic rings. The van der Waals surface area contributed by atoms with Gasteiger partial charge in [0.1, 0.15) is 10.7 Å². The molecule has 1 aromatic carbocycles. The third-order valence-electron chi connectivity index (χ3n) is 4.82. The molecule has 0 spiro atoms. The predicted octanol–water partition coefficient (Wildman–Crippen LogP) is 5.50. The minimum Gasteiger partial charge on any atom is -0.337 e. The maximum Gasteiger partial charge on any atom is 0.273 e. The lowest BCUT2D eigenvalue weighted by molar-refractivity contribution is 0.0702. The number of piperidine rings is 1. The van der Waals surface area contributed by atoms with Gasteiger partial charge < -0.3 is 4.90 Å². The first-order chi connectivity index (χ1) is 13.3. The number of para-hydroxylation sites is 1. The van der Waals surface area contributed by atoms with E-state index in [-0.39, 0.29) is 5.91 Å². The van der Waals surface area contributed by atoms with E-state index in [9.17, 15) is 4.79 Å². The zero-order chi connectivity index (χ0) is 18.2. The summed E-state index contributed by atoms with van der Waals surface area (Å²) in [6.07, 6.45) is 2.09. The molecule has 136 valence electrons. The van der Waals surface area contributed by atoms with Gasteiger partial charge in [-0.1, -0.05) is 18.2 Å². The third kappa shape index (κ3) is 3.31. The summed E-state index contributed by atoms with van der Waals surface area (Å²) in [5, 5.41) is 5.99. The van der Waals surface area contributed by atoms with Crippen molar-refractivity contribution in [2.24, 2.45) is 0 Å². The van der Waals surface area contributed by atoms with Crippen LogP contribution < -0.4 is 0 Å². The van der Waals surface area contributed by atoms with Crippen molar-refractivity contribution in [2.45, 2.75) is 18.8 Å². The average Bonchev–Trinajstić information content (AvgIpc) is 3.47. The smallest absolute Gasteiger partial charge is 0.273 e. The Hall–Kier alpha value is -2.09. The maximum atomic E-state index is 13.0. The molecule has 1 aliphatic rings. The number of likely N-dealkylation sites (tertiary alicyclic amines) is 1. The molecule has 0 radical (unpaired) electrons. The molecule has 0 saturated carbocycles. The second kappa shape index (κ2) is 7.14. The summed E-state index contributed by atoms with van der Waals surface area (Å²) in [5.41, 5.74) is 1.62. The van der Waals surface area contributed by atoms with E-state index >= 15 is 0 Å². The van der Waals surface area contributed by atoms with Crippen LogP contribution in [0.5, 0.6) is 0 Å². The fraction of sp³-hybridized carbons (Fsp3) is 0.250. The van der Waals surface area contributed by atoms with E-state index in [1.165, 1.54) is 4.70 Å². The second-order valence-electron chi connectivity index (χ2n) is 6.63. The van der Waals surface area contributed by atoms with Crippen LogP contribution in [0.25, 0.3) is 20.1 Å². The number of carbonyl (C=O) groups excluding carboxylic acids is 1. The Labute approximate surface area is 169 Å². The molecule has 7 heteroatoms. The minimum atomic E-state index is 0.0415. The van der Waals surface area contributed by atoms with Crippen LogP contribution in [-0.2, 0) is 0 Å². The van der Waals surface area contributed by atoms with Gasteiger partial charge in [0.05, 0.1) is 20.1 Å². The Morgan fingerprint density at radius 3 is 2.89 bits per heavy atom. The number of nitrogens with zero attached hydrogens (tertiary/aromatic N) is 3. The van der Waals surface area contributed by atoms with Crippen LogP contribution in [0, 0.1) is 0 Å². The Morgan fingerprint density at radius 1 is 1.11 bits per heavy atom. The van der Waals surface area contributed by atoms with E-state index in [1.807, 2.05) is 33.9 Å². The molecule has 1 aliphatic heterocycles. The fourth-order valence-electron chi connectivity index (χ4n) is 3.48. The summed E-state index contributed by atoms with van der Waals surface area (Å²) in [6, 6.07) is 12.3. The number of thiophene rings is 1. The van der Waals surface area contributed by atoms with Crippen molar-refractivity contribution < 1.29 is 4.79 Å². The number of fused-ring (bicyclic) bond motifs is 1. The number of aromatic nitrogens is 2. The molecule has 0 bridgehead atoms. The van der Waals surface area contributed by atoms with E-state index in [0.29, 0.717) is 11.6 Å². The molecule has 4 nitrogen and oxygen atoms in total. The van der Waals surface area contributed by atoms with Gasteiger partial charge in [0.15, 0.2) is 0 Å². The molecule has 0 aliphatic carbocycles. The quantitative estimate of drug-likeness (QED) is 0.447. The van der Waals surface area contributed by atoms with Crippen LogP contribution in [0.1, 0.15) is 34.3 Å². The summed E-state index contributed by atoms with van der Waals surface area (Å²) in [5.74, 6) is 0.357. The molecule has 0 N–H and O–H groups in total. The van der Waals surface area contributed by atoms with Gasteiger partial charge in [0.2, 0.25) is 0 Å². The normalized spacial score (nSPS) is 17.5. The molecule has 1 unspecified atom stereocenters. The monoisotopic (exact) mass is 411 g/mol. The standard InChI is InChI=1S/C20H17N3OS3/c24-20(15-12-26-19(22-15)17-8-4-10-25-17)23-9-3-5-13(11-23)18-21-14-6-1-2-7-16(14)27-18/h1-2,4,6-8,10,12-13H,3,5,9,11H2. The van der Waals surface area contributed by atoms with Gasteiger partial charge in [-0.05, 0) is 36.4 Å². The summed E-state index contributed by atoms with van der Waals surface area (Å²) >= 11 is 4.95. The number of amides is 1. The van der Waals surface area contributed by atoms with Crippen LogP contribution in [0.3, 0.4) is 0 Å². The van der Waals surface area contributed by atoms with Crippen molar-refractivity contribution in [3.63, 3.8) is 0 Å². The number of hydrogen-bond acceptors (Lipinski definition) is 6. The molecule has 1 saturated heterocycles. The molecule has 1 fully saturated rings. The van der Waals surface area contributed by atoms with Crippen LogP contribution in [-0.4, -0.2) is 33.9 Å². The van der Waals surface area contributed by atoms with Crippen LogP contribution in [0.15, 0.2) is 47.2 Å². The Morgan fingerprint density at radius 2 is 2.04 bits per heavy atom. The van der Waals surface area contributed by atoms with E-state index < -0.39 is 0 Å². The van der Waals surface area contributed by atoms with Gasteiger partial charge in [-0.2, -0.15) is 0 Å². The number of carbonyl (C=O) groups is 1. The highest BCUT2D eigenvalue weighted by Gasteiger charge is 2.28. The molecule has 3 aromatic heterocycles. The summed E-state index contributed by atoms with van der Waals surface area (Å²) < 4.78 is 1.22. The lowest BCUT2D eigenvalue weighted by Crippen LogP contribution is -2.39. The predicted molar refractivity (Wildman–Crippen MR) is 113 cm³/mol. The summed E-state index contributed by atoms with van der Waals surface area (Å²) in [4.78, 5) is 25.5. The molecule has 1 amide bonds. The zero-order valence-corrected chi connectivity index (χ0v) is 16.9. The highest BCUT2D eigenvalue weighted by Crippen LogP contribution is 2.34. The van der Waals surface area contributed by atoms with Gasteiger partial charge >= 0.3 is 0 Å². The van der Waals surface area contributed by atoms with Gasteiger partial charge in [-0.3, -0.25) is 4.79 Å². The Balaban J connectivity index is 1.35. The lowest BCUT2D eigenvalue weighted by Gasteiger charge is -2.31. The largest absolute Gasteiger partial charge is 0.337 e. The van der Waals surface area contributed by atoms with Crippen molar-refractivity contribution in [3.8, 4) is 9.88 Å². The number of rotatable bonds is 3. The lowest BCUT2D eigenvalue weighted by atomic mass is 9.98. The molecule has 1 atom stereocenters. The first-order valence-corrected chi connectivity index (χ1v) is 11.5. The molecule has 27 heavy (non-hydrogen) atoms. The van der Waals surface area contributed by atoms with Crippen molar-refractivity contribution in [2.75, 3.05) is 13.1 Å². The average molecular weight is 412 g/mol. The zero-order valence-electron chi connectivity index (χ0n) is 14.5. The maximum absolute atomic E-state index is 13.0. The van der Waals surface area contributed by atoms with E-state index in [2.05, 4.69) is 23.2 Å². The van der Waals surface area contributed by atoms with Gasteiger partial charge in [-0.15, -0.1) is 34.0 Å². The van der Waals surface area contributed by atoms with Crippen LogP contribution >= 0.6 is 34.0 Å². The Kier molecular flexibility index (Phi) is 4.51. The van der Waals surface area contributed by atoms with Crippen molar-refractivity contribution >= 4 is 50.1 Å². The first kappa shape index (κ1) is 17.0. The van der Waals surface area contributed by atoms with Gasteiger partial charge in [-0.25, -0.2) is 9.97 Å². The first-order valence-electron chi connectivity index (χ1n) is 8.92. The number of thiazole rings is 2. The van der Waals surface area contributed by atoms with Crippen LogP contribution in [0.2, 0.25) is 0 Å². The van der Waals surface area contributed by atoms with Gasteiger partial charge in [0, 0.05) is 24.4 Å². The third-order valence-corrected chi connectivity index (χ3v) is 7.90. The molecule has 5 rings (SSSR count). The summed E-state index contributed by atoms with van der Waals surface area (Å²) in [6.45, 7) is 1.52. The van der Waals surface area contributed by atoms with Gasteiger partial charge in [0.25, 0.3) is 5.91 Å². The van der Waals surface area contributed by atoms with Crippen molar-refractivity contribution in [3.05, 3.63) is 57.9 Å². The molecular formula is C20H17N3OS3. The van der Waals surface area contributed by atoms with E-state index in [1.54, 1.807) is 34.0 Å². The van der Waals surface area contributed by atoms with E-state index in [4.69, 9.17) is 4.98 Å². The topological polar surface area (TPSA) is 46.1 Å². The second-order valence-corrected chi connectivity index (χ2v) is 9.49. The highest BCUT2D eigenvalue weighted by molar-refractivity contribution is 7.20. The SMILES string of the molecule is O=C(c1csc(-c2cccs2)n1)N1CCCC(c2nc3ccccc3s2)C1. The van der Waals surface area contributed by atoms with Crippen molar-refractivity contribution in [1.82, 2.24) is 14.9 Å². The van der Waals surface area contributed by atoms with Crippen molar-refractivity contribution in [1.29, 1.82) is 0 Å². The molecule has 4 heterocycles. The number of benzene rings is 1. The summed E-state index contributed by atoms with van der Waals surface area (Å²) in [7, 11) is 0. The van der Waals surface area contributed by atoms with E-state index in [0.717, 1.165) is 46.3 Å². The minimum absolute atomic E-state index is 0.0415. The highest BCUT2D eigenvalue weighted by atomic mass is 32.1. The molecular weight excluding hydrogens is 394 g/mol.